The van der Waals surface area contributed by atoms with Crippen LogP contribution in [-0.2, 0) is 49.5 Å². The molecule has 0 unspecified atom stereocenters. The molecule has 0 fully saturated rings. The zero-order valence-corrected chi connectivity index (χ0v) is 20.8. The van der Waals surface area contributed by atoms with Crippen LogP contribution in [0.15, 0.2) is 30.3 Å². The molecule has 0 radical (unpaired) electrons. The molecule has 0 saturated carbocycles. The van der Waals surface area contributed by atoms with E-state index in [1.54, 1.807) is 65.8 Å². The molecule has 0 saturated heterocycles. The second-order valence-electron chi connectivity index (χ2n) is 9.55. The molecule has 0 aliphatic rings. The van der Waals surface area contributed by atoms with Crippen molar-refractivity contribution in [1.82, 2.24) is 0 Å². The van der Waals surface area contributed by atoms with Gasteiger partial charge in [-0.1, -0.05) is 30.3 Å². The molecule has 0 heterocycles. The van der Waals surface area contributed by atoms with Gasteiger partial charge in [-0.3, -0.25) is 0 Å². The Bertz CT molecular complexity index is 791. The fourth-order valence-electron chi connectivity index (χ4n) is 2.63. The summed E-state index contributed by atoms with van der Waals surface area (Å²) in [6.45, 7) is 9.36. The van der Waals surface area contributed by atoms with Gasteiger partial charge in [0.2, 0.25) is 0 Å². The van der Waals surface area contributed by atoms with Crippen molar-refractivity contribution < 1.29 is 42.9 Å². The molecule has 1 aromatic carbocycles. The smallest absolute Gasteiger partial charge is 0.339 e. The van der Waals surface area contributed by atoms with Gasteiger partial charge in [0.1, 0.15) is 30.7 Å². The van der Waals surface area contributed by atoms with E-state index >= 15 is 0 Å². The number of hydrogen-bond acceptors (Lipinski definition) is 9. The zero-order valence-electron chi connectivity index (χ0n) is 20.8. The SMILES string of the molecule is CC(C)(C)OC(=O)CO[C@@H](C(=O)OC(C)(C)C)[C@@H](OCCCC=O)C(=O)OCc1ccccc1. The maximum atomic E-state index is 12.9. The van der Waals surface area contributed by atoms with Gasteiger partial charge in [0.15, 0.2) is 12.2 Å². The Morgan fingerprint density at radius 3 is 2.00 bits per heavy atom. The van der Waals surface area contributed by atoms with E-state index in [0.717, 1.165) is 11.8 Å². The van der Waals surface area contributed by atoms with Gasteiger partial charge in [0, 0.05) is 13.0 Å². The lowest BCUT2D eigenvalue weighted by Gasteiger charge is -2.28. The van der Waals surface area contributed by atoms with E-state index in [2.05, 4.69) is 0 Å². The zero-order chi connectivity index (χ0) is 25.8. The van der Waals surface area contributed by atoms with Crippen LogP contribution in [-0.4, -0.2) is 60.8 Å². The van der Waals surface area contributed by atoms with Gasteiger partial charge in [0.05, 0.1) is 0 Å². The van der Waals surface area contributed by atoms with Gasteiger partial charge in [-0.2, -0.15) is 0 Å². The van der Waals surface area contributed by atoms with Crippen molar-refractivity contribution >= 4 is 24.2 Å². The molecular weight excluding hydrogens is 444 g/mol. The van der Waals surface area contributed by atoms with Gasteiger partial charge in [-0.25, -0.2) is 14.4 Å². The van der Waals surface area contributed by atoms with Crippen LogP contribution in [0.4, 0.5) is 0 Å². The molecule has 0 spiro atoms. The highest BCUT2D eigenvalue weighted by Crippen LogP contribution is 2.17. The molecule has 1 aromatic rings. The van der Waals surface area contributed by atoms with Gasteiger partial charge in [-0.05, 0) is 53.5 Å². The fourth-order valence-corrected chi connectivity index (χ4v) is 2.63. The Morgan fingerprint density at radius 2 is 1.44 bits per heavy atom. The van der Waals surface area contributed by atoms with Crippen LogP contribution in [0.3, 0.4) is 0 Å². The van der Waals surface area contributed by atoms with Crippen LogP contribution < -0.4 is 0 Å². The van der Waals surface area contributed by atoms with Crippen molar-refractivity contribution in [2.24, 2.45) is 0 Å². The minimum absolute atomic E-state index is 0.0149. The number of aldehydes is 1. The van der Waals surface area contributed by atoms with Crippen LogP contribution in [0.2, 0.25) is 0 Å². The first-order valence-corrected chi connectivity index (χ1v) is 11.1. The molecule has 34 heavy (non-hydrogen) atoms. The van der Waals surface area contributed by atoms with E-state index in [1.807, 2.05) is 6.07 Å². The van der Waals surface area contributed by atoms with Crippen LogP contribution in [0.1, 0.15) is 59.9 Å². The normalized spacial score (nSPS) is 13.5. The number of carbonyl (C=O) groups is 4. The monoisotopic (exact) mass is 480 g/mol. The van der Waals surface area contributed by atoms with Crippen molar-refractivity contribution in [1.29, 1.82) is 0 Å². The van der Waals surface area contributed by atoms with Crippen LogP contribution in [0.25, 0.3) is 0 Å². The largest absolute Gasteiger partial charge is 0.459 e. The summed E-state index contributed by atoms with van der Waals surface area (Å²) in [5.74, 6) is -2.48. The molecule has 9 heteroatoms. The third-order valence-corrected chi connectivity index (χ3v) is 3.93. The van der Waals surface area contributed by atoms with Crippen molar-refractivity contribution in [3.8, 4) is 0 Å². The highest BCUT2D eigenvalue weighted by molar-refractivity contribution is 5.86. The summed E-state index contributed by atoms with van der Waals surface area (Å²) in [5.41, 5.74) is -0.916. The molecule has 9 nitrogen and oxygen atoms in total. The molecular formula is C25H36O9. The maximum absolute atomic E-state index is 12.9. The van der Waals surface area contributed by atoms with Crippen LogP contribution >= 0.6 is 0 Å². The molecule has 0 bridgehead atoms. The third kappa shape index (κ3) is 12.5. The Balaban J connectivity index is 3.07. The summed E-state index contributed by atoms with van der Waals surface area (Å²) >= 11 is 0. The van der Waals surface area contributed by atoms with E-state index in [1.165, 1.54) is 0 Å². The van der Waals surface area contributed by atoms with Gasteiger partial charge in [-0.15, -0.1) is 0 Å². The summed E-state index contributed by atoms with van der Waals surface area (Å²) in [6, 6.07) is 8.97. The van der Waals surface area contributed by atoms with Crippen LogP contribution in [0.5, 0.6) is 0 Å². The first-order chi connectivity index (χ1) is 15.8. The van der Waals surface area contributed by atoms with E-state index in [0.29, 0.717) is 6.42 Å². The molecule has 0 aromatic heterocycles. The second kappa shape index (κ2) is 13.8. The Kier molecular flexibility index (Phi) is 11.9. The predicted octanol–water partition coefficient (Wildman–Crippen LogP) is 3.16. The van der Waals surface area contributed by atoms with E-state index < -0.39 is 47.9 Å². The third-order valence-electron chi connectivity index (χ3n) is 3.93. The maximum Gasteiger partial charge on any atom is 0.339 e. The lowest BCUT2D eigenvalue weighted by Crippen LogP contribution is -2.48. The summed E-state index contributed by atoms with van der Waals surface area (Å²) in [5, 5.41) is 0. The summed E-state index contributed by atoms with van der Waals surface area (Å²) < 4.78 is 27.1. The molecule has 0 aliphatic carbocycles. The highest BCUT2D eigenvalue weighted by Gasteiger charge is 2.40. The minimum Gasteiger partial charge on any atom is -0.459 e. The summed E-state index contributed by atoms with van der Waals surface area (Å²) in [6.07, 6.45) is -1.86. The minimum atomic E-state index is -1.59. The van der Waals surface area contributed by atoms with E-state index in [9.17, 15) is 19.2 Å². The molecule has 0 amide bonds. The van der Waals surface area contributed by atoms with E-state index in [4.69, 9.17) is 23.7 Å². The number of hydrogen-bond donors (Lipinski definition) is 0. The van der Waals surface area contributed by atoms with Crippen molar-refractivity contribution in [3.63, 3.8) is 0 Å². The quantitative estimate of drug-likeness (QED) is 0.182. The average molecular weight is 481 g/mol. The average Bonchev–Trinajstić information content (AvgIpc) is 2.71. The lowest BCUT2D eigenvalue weighted by molar-refractivity contribution is -0.194. The molecule has 0 aliphatic heterocycles. The molecule has 190 valence electrons. The van der Waals surface area contributed by atoms with E-state index in [-0.39, 0.29) is 19.6 Å². The number of esters is 3. The number of benzene rings is 1. The first-order valence-electron chi connectivity index (χ1n) is 11.1. The van der Waals surface area contributed by atoms with Crippen molar-refractivity contribution in [2.45, 2.75) is 84.4 Å². The first kappa shape index (κ1) is 29.3. The van der Waals surface area contributed by atoms with Crippen molar-refractivity contribution in [2.75, 3.05) is 13.2 Å². The Labute approximate surface area is 201 Å². The van der Waals surface area contributed by atoms with Gasteiger partial charge < -0.3 is 28.5 Å². The number of ether oxygens (including phenoxy) is 5. The lowest BCUT2D eigenvalue weighted by atomic mass is 10.1. The topological polar surface area (TPSA) is 114 Å². The van der Waals surface area contributed by atoms with Gasteiger partial charge >= 0.3 is 17.9 Å². The highest BCUT2D eigenvalue weighted by atomic mass is 16.6. The Morgan fingerprint density at radius 1 is 0.853 bits per heavy atom. The molecule has 1 rings (SSSR count). The van der Waals surface area contributed by atoms with Crippen LogP contribution in [0, 0.1) is 0 Å². The number of unbranched alkanes of at least 4 members (excludes halogenated alkanes) is 1. The summed E-state index contributed by atoms with van der Waals surface area (Å²) in [7, 11) is 0. The fraction of sp³-hybridized carbons (Fsp3) is 0.600. The number of carbonyl (C=O) groups excluding carboxylic acids is 4. The molecule has 2 atom stereocenters. The summed E-state index contributed by atoms with van der Waals surface area (Å²) in [4.78, 5) is 48.7. The standard InChI is InChI=1S/C25H36O9/c1-24(2,3)33-19(27)17-31-21(23(29)34-25(4,5)6)20(30-15-11-10-14-26)22(28)32-16-18-12-8-7-9-13-18/h7-9,12-14,20-21H,10-11,15-17H2,1-6H3/t20-,21-/m1/s1. The Hall–Kier alpha value is -2.78. The van der Waals surface area contributed by atoms with Crippen molar-refractivity contribution in [3.05, 3.63) is 35.9 Å². The number of rotatable bonds is 13. The molecule has 0 N–H and O–H groups in total. The second-order valence-corrected chi connectivity index (χ2v) is 9.55. The van der Waals surface area contributed by atoms with Gasteiger partial charge in [0.25, 0.3) is 0 Å². The predicted molar refractivity (Wildman–Crippen MR) is 123 cm³/mol.